The lowest BCUT2D eigenvalue weighted by atomic mass is 10.1. The van der Waals surface area contributed by atoms with Gasteiger partial charge in [0.15, 0.2) is 0 Å². The minimum Gasteiger partial charge on any atom is -0.497 e. The molecule has 5 heteroatoms. The first-order valence-corrected chi connectivity index (χ1v) is 8.55. The highest BCUT2D eigenvalue weighted by molar-refractivity contribution is 6.31. The van der Waals surface area contributed by atoms with Crippen molar-refractivity contribution in [2.24, 2.45) is 0 Å². The summed E-state index contributed by atoms with van der Waals surface area (Å²) < 4.78 is 5.17. The Morgan fingerprint density at radius 2 is 1.79 bits per heavy atom. The van der Waals surface area contributed by atoms with Crippen molar-refractivity contribution in [2.75, 3.05) is 25.5 Å². The summed E-state index contributed by atoms with van der Waals surface area (Å²) in [6.45, 7) is 1.65. The van der Waals surface area contributed by atoms with Crippen molar-refractivity contribution in [3.63, 3.8) is 0 Å². The quantitative estimate of drug-likeness (QED) is 0.872. The fourth-order valence-corrected chi connectivity index (χ4v) is 3.08. The van der Waals surface area contributed by atoms with Crippen molar-refractivity contribution >= 4 is 28.9 Å². The van der Waals surface area contributed by atoms with Gasteiger partial charge in [-0.2, -0.15) is 0 Å². The summed E-state index contributed by atoms with van der Waals surface area (Å²) in [7, 11) is 1.63. The van der Waals surface area contributed by atoms with Gasteiger partial charge in [0.05, 0.1) is 18.4 Å². The molecule has 1 amide bonds. The molecular weight excluding hydrogens is 324 g/mol. The highest BCUT2D eigenvalue weighted by Crippen LogP contribution is 2.27. The third-order valence-electron chi connectivity index (χ3n) is 4.22. The zero-order valence-electron chi connectivity index (χ0n) is 13.7. The number of carbonyl (C=O) groups is 1. The van der Waals surface area contributed by atoms with Gasteiger partial charge in [0.2, 0.25) is 0 Å². The van der Waals surface area contributed by atoms with Gasteiger partial charge in [0.1, 0.15) is 5.75 Å². The van der Waals surface area contributed by atoms with Gasteiger partial charge in [-0.3, -0.25) is 4.79 Å². The van der Waals surface area contributed by atoms with Crippen LogP contribution < -0.4 is 10.1 Å². The van der Waals surface area contributed by atoms with E-state index in [0.29, 0.717) is 10.6 Å². The normalized spacial score (nSPS) is 14.3. The van der Waals surface area contributed by atoms with Crippen LogP contribution in [0.2, 0.25) is 5.02 Å². The van der Waals surface area contributed by atoms with Crippen LogP contribution in [-0.2, 0) is 0 Å². The molecule has 1 aliphatic heterocycles. The molecule has 1 saturated heterocycles. The van der Waals surface area contributed by atoms with Gasteiger partial charge in [-0.25, -0.2) is 0 Å². The molecule has 0 radical (unpaired) electrons. The van der Waals surface area contributed by atoms with Crippen molar-refractivity contribution in [1.29, 1.82) is 0 Å². The van der Waals surface area contributed by atoms with Crippen molar-refractivity contribution in [1.82, 2.24) is 4.90 Å². The molecule has 0 spiro atoms. The van der Waals surface area contributed by atoms with Crippen LogP contribution in [0.5, 0.6) is 5.75 Å². The number of hydrogen-bond donors (Lipinski definition) is 1. The van der Waals surface area contributed by atoms with E-state index in [1.807, 2.05) is 29.2 Å². The number of benzene rings is 2. The minimum atomic E-state index is 0.0578. The van der Waals surface area contributed by atoms with E-state index in [1.54, 1.807) is 25.3 Å². The van der Waals surface area contributed by atoms with Gasteiger partial charge in [-0.15, -0.1) is 0 Å². The number of carbonyl (C=O) groups excluding carboxylic acids is 1. The molecule has 0 saturated carbocycles. The molecule has 1 N–H and O–H groups in total. The molecule has 0 aromatic heterocycles. The second-order valence-electron chi connectivity index (χ2n) is 5.90. The number of piperidine rings is 1. The lowest BCUT2D eigenvalue weighted by Gasteiger charge is -2.27. The Bertz CT molecular complexity index is 710. The summed E-state index contributed by atoms with van der Waals surface area (Å²) in [6, 6.07) is 12.9. The average molecular weight is 345 g/mol. The molecule has 4 nitrogen and oxygen atoms in total. The van der Waals surface area contributed by atoms with Gasteiger partial charge in [-0.05, 0) is 61.7 Å². The van der Waals surface area contributed by atoms with Crippen LogP contribution in [-0.4, -0.2) is 31.0 Å². The highest BCUT2D eigenvalue weighted by Gasteiger charge is 2.21. The molecule has 0 unspecified atom stereocenters. The smallest absolute Gasteiger partial charge is 0.255 e. The molecule has 1 heterocycles. The SMILES string of the molecule is COc1ccc(Nc2cc(Cl)ccc2C(=O)N2CCCCC2)cc1. The zero-order valence-corrected chi connectivity index (χ0v) is 14.5. The molecule has 1 fully saturated rings. The van der Waals surface area contributed by atoms with E-state index < -0.39 is 0 Å². The van der Waals surface area contributed by atoms with E-state index in [4.69, 9.17) is 16.3 Å². The standard InChI is InChI=1S/C19H21ClN2O2/c1-24-16-8-6-15(7-9-16)21-18-13-14(20)5-10-17(18)19(23)22-11-3-2-4-12-22/h5-10,13,21H,2-4,11-12H2,1H3. The molecule has 3 rings (SSSR count). The van der Waals surface area contributed by atoms with Gasteiger partial charge in [-0.1, -0.05) is 11.6 Å². The molecule has 2 aromatic rings. The number of rotatable bonds is 4. The van der Waals surface area contributed by atoms with E-state index in [2.05, 4.69) is 5.32 Å². The largest absolute Gasteiger partial charge is 0.497 e. The third kappa shape index (κ3) is 3.82. The number of likely N-dealkylation sites (tertiary alicyclic amines) is 1. The first kappa shape index (κ1) is 16.7. The Kier molecular flexibility index (Phi) is 5.26. The first-order valence-electron chi connectivity index (χ1n) is 8.17. The summed E-state index contributed by atoms with van der Waals surface area (Å²) in [5.74, 6) is 0.846. The van der Waals surface area contributed by atoms with Crippen molar-refractivity contribution < 1.29 is 9.53 Å². The molecule has 126 valence electrons. The predicted molar refractivity (Wildman–Crippen MR) is 97.5 cm³/mol. The number of amides is 1. The lowest BCUT2D eigenvalue weighted by molar-refractivity contribution is 0.0725. The Labute approximate surface area is 147 Å². The highest BCUT2D eigenvalue weighted by atomic mass is 35.5. The van der Waals surface area contributed by atoms with Gasteiger partial charge in [0.25, 0.3) is 5.91 Å². The van der Waals surface area contributed by atoms with Crippen molar-refractivity contribution in [3.8, 4) is 5.75 Å². The van der Waals surface area contributed by atoms with E-state index in [9.17, 15) is 4.79 Å². The Morgan fingerprint density at radius 1 is 1.08 bits per heavy atom. The predicted octanol–water partition coefficient (Wildman–Crippen LogP) is 4.72. The zero-order chi connectivity index (χ0) is 16.9. The van der Waals surface area contributed by atoms with E-state index >= 15 is 0 Å². The van der Waals surface area contributed by atoms with E-state index in [1.165, 1.54) is 6.42 Å². The monoisotopic (exact) mass is 344 g/mol. The molecule has 0 aliphatic carbocycles. The molecule has 2 aromatic carbocycles. The van der Waals surface area contributed by atoms with Gasteiger partial charge >= 0.3 is 0 Å². The summed E-state index contributed by atoms with van der Waals surface area (Å²) in [5.41, 5.74) is 2.26. The number of halogens is 1. The second kappa shape index (κ2) is 7.58. The Hall–Kier alpha value is -2.20. The summed E-state index contributed by atoms with van der Waals surface area (Å²) in [5, 5.41) is 3.90. The molecule has 0 atom stereocenters. The average Bonchev–Trinajstić information content (AvgIpc) is 2.63. The fourth-order valence-electron chi connectivity index (χ4n) is 2.90. The van der Waals surface area contributed by atoms with Crippen LogP contribution in [0.4, 0.5) is 11.4 Å². The Morgan fingerprint density at radius 3 is 2.46 bits per heavy atom. The van der Waals surface area contributed by atoms with Crippen LogP contribution in [0, 0.1) is 0 Å². The lowest BCUT2D eigenvalue weighted by Crippen LogP contribution is -2.35. The van der Waals surface area contributed by atoms with E-state index in [0.717, 1.165) is 43.1 Å². The number of nitrogens with one attached hydrogen (secondary N) is 1. The summed E-state index contributed by atoms with van der Waals surface area (Å²) >= 11 is 6.14. The molecule has 1 aliphatic rings. The van der Waals surface area contributed by atoms with E-state index in [-0.39, 0.29) is 5.91 Å². The minimum absolute atomic E-state index is 0.0578. The topological polar surface area (TPSA) is 41.6 Å². The maximum atomic E-state index is 12.8. The van der Waals surface area contributed by atoms with Crippen molar-refractivity contribution in [2.45, 2.75) is 19.3 Å². The summed E-state index contributed by atoms with van der Waals surface area (Å²) in [6.07, 6.45) is 3.34. The molecular formula is C19H21ClN2O2. The van der Waals surface area contributed by atoms with Crippen LogP contribution in [0.25, 0.3) is 0 Å². The maximum absolute atomic E-state index is 12.8. The number of hydrogen-bond acceptors (Lipinski definition) is 3. The number of anilines is 2. The van der Waals surface area contributed by atoms with Crippen LogP contribution in [0.3, 0.4) is 0 Å². The van der Waals surface area contributed by atoms with Gasteiger partial charge in [0, 0.05) is 23.8 Å². The first-order chi connectivity index (χ1) is 11.7. The molecule has 24 heavy (non-hydrogen) atoms. The number of methoxy groups -OCH3 is 1. The fraction of sp³-hybridized carbons (Fsp3) is 0.316. The van der Waals surface area contributed by atoms with Crippen LogP contribution in [0.1, 0.15) is 29.6 Å². The maximum Gasteiger partial charge on any atom is 0.255 e. The Balaban J connectivity index is 1.85. The van der Waals surface area contributed by atoms with Crippen LogP contribution in [0.15, 0.2) is 42.5 Å². The number of nitrogens with zero attached hydrogens (tertiary/aromatic N) is 1. The second-order valence-corrected chi connectivity index (χ2v) is 6.33. The van der Waals surface area contributed by atoms with Crippen molar-refractivity contribution in [3.05, 3.63) is 53.1 Å². The van der Waals surface area contributed by atoms with Crippen LogP contribution >= 0.6 is 11.6 Å². The van der Waals surface area contributed by atoms with Gasteiger partial charge < -0.3 is 15.0 Å². The third-order valence-corrected chi connectivity index (χ3v) is 4.46. The molecule has 0 bridgehead atoms. The summed E-state index contributed by atoms with van der Waals surface area (Å²) in [4.78, 5) is 14.8. The number of ether oxygens (including phenoxy) is 1.